The van der Waals surface area contributed by atoms with Crippen molar-refractivity contribution >= 4 is 66.7 Å². The first kappa shape index (κ1) is 30.8. The van der Waals surface area contributed by atoms with Crippen LogP contribution in [-0.2, 0) is 0 Å². The van der Waals surface area contributed by atoms with Gasteiger partial charge in [0, 0.05) is 33.8 Å². The van der Waals surface area contributed by atoms with E-state index in [1.807, 2.05) is 42.5 Å². The summed E-state index contributed by atoms with van der Waals surface area (Å²) in [5, 5.41) is 7.08. The largest absolute Gasteiger partial charge is 0.456 e. The maximum atomic E-state index is 6.56. The van der Waals surface area contributed by atoms with Crippen LogP contribution in [-0.4, -0.2) is 19.5 Å². The lowest BCUT2D eigenvalue weighted by molar-refractivity contribution is 0.669. The fraction of sp³-hybridized carbons (Fsp3) is 0. The van der Waals surface area contributed by atoms with Crippen LogP contribution in [0.5, 0.6) is 0 Å². The van der Waals surface area contributed by atoms with Gasteiger partial charge in [0.05, 0.1) is 28.1 Å². The smallest absolute Gasteiger partial charge is 0.145 e. The number of benzene rings is 7. The molecule has 0 saturated carbocycles. The molecule has 0 N–H and O–H groups in total. The summed E-state index contributed by atoms with van der Waals surface area (Å²) in [5.74, 6) is 0.933. The van der Waals surface area contributed by atoms with Crippen molar-refractivity contribution in [3.63, 3.8) is 0 Å². The minimum atomic E-state index is 0.851. The van der Waals surface area contributed by atoms with Gasteiger partial charge in [-0.3, -0.25) is 9.55 Å². The second-order valence-electron chi connectivity index (χ2n) is 14.4. The van der Waals surface area contributed by atoms with Gasteiger partial charge in [-0.25, -0.2) is 9.97 Å². The maximum Gasteiger partial charge on any atom is 0.145 e. The third kappa shape index (κ3) is 4.71. The molecule has 0 amide bonds. The highest BCUT2D eigenvalue weighted by molar-refractivity contribution is 6.23. The molecule has 4 aromatic heterocycles. The summed E-state index contributed by atoms with van der Waals surface area (Å²) < 4.78 is 8.82. The first-order valence-electron chi connectivity index (χ1n) is 18.8. The molecule has 4 heterocycles. The van der Waals surface area contributed by atoms with E-state index in [9.17, 15) is 0 Å². The number of hydrogen-bond donors (Lipinski definition) is 0. The zero-order valence-corrected chi connectivity index (χ0v) is 30.0. The fourth-order valence-corrected chi connectivity index (χ4v) is 8.45. The van der Waals surface area contributed by atoms with Crippen LogP contribution in [0, 0.1) is 0 Å². The van der Waals surface area contributed by atoms with Crippen LogP contribution in [0.3, 0.4) is 0 Å². The molecular formula is C51H30N4O. The Kier molecular flexibility index (Phi) is 6.56. The summed E-state index contributed by atoms with van der Waals surface area (Å²) in [4.78, 5) is 14.5. The Morgan fingerprint density at radius 3 is 1.98 bits per heavy atom. The topological polar surface area (TPSA) is 56.7 Å². The van der Waals surface area contributed by atoms with E-state index in [2.05, 4.69) is 143 Å². The second kappa shape index (κ2) is 11.9. The van der Waals surface area contributed by atoms with Gasteiger partial charge in [0.1, 0.15) is 17.0 Å². The maximum absolute atomic E-state index is 6.56. The van der Waals surface area contributed by atoms with Crippen molar-refractivity contribution in [2.24, 2.45) is 0 Å². The summed E-state index contributed by atoms with van der Waals surface area (Å²) in [5.41, 5.74) is 14.5. The Labute approximate surface area is 321 Å². The van der Waals surface area contributed by atoms with Gasteiger partial charge in [-0.05, 0) is 129 Å². The van der Waals surface area contributed by atoms with E-state index in [0.717, 1.165) is 78.3 Å². The van der Waals surface area contributed by atoms with Crippen molar-refractivity contribution in [3.05, 3.63) is 181 Å². The number of imidazole rings is 1. The van der Waals surface area contributed by atoms with Gasteiger partial charge in [-0.15, -0.1) is 0 Å². The lowest BCUT2D eigenvalue weighted by Crippen LogP contribution is -1.97. The highest BCUT2D eigenvalue weighted by atomic mass is 16.3. The molecular weight excluding hydrogens is 685 g/mol. The molecule has 56 heavy (non-hydrogen) atoms. The highest BCUT2D eigenvalue weighted by Gasteiger charge is 2.20. The van der Waals surface area contributed by atoms with Crippen LogP contribution >= 0.6 is 0 Å². The Bertz CT molecular complexity index is 3400. The predicted molar refractivity (Wildman–Crippen MR) is 230 cm³/mol. The number of para-hydroxylation sites is 2. The number of nitrogens with zero attached hydrogens (tertiary/aromatic N) is 4. The van der Waals surface area contributed by atoms with Crippen LogP contribution in [0.2, 0.25) is 0 Å². The zero-order chi connectivity index (χ0) is 36.7. The van der Waals surface area contributed by atoms with Gasteiger partial charge >= 0.3 is 0 Å². The number of aromatic nitrogens is 4. The lowest BCUT2D eigenvalue weighted by atomic mass is 9.84. The Hall–Kier alpha value is -7.63. The third-order valence-corrected chi connectivity index (χ3v) is 11.2. The molecule has 11 aromatic rings. The summed E-state index contributed by atoms with van der Waals surface area (Å²) in [6.07, 6.45) is 6.27. The van der Waals surface area contributed by atoms with E-state index in [0.29, 0.717) is 0 Å². The predicted octanol–water partition coefficient (Wildman–Crippen LogP) is 13.2. The van der Waals surface area contributed by atoms with Gasteiger partial charge in [0.15, 0.2) is 0 Å². The van der Waals surface area contributed by atoms with Gasteiger partial charge in [0.2, 0.25) is 0 Å². The molecule has 0 bridgehead atoms. The van der Waals surface area contributed by atoms with Crippen LogP contribution in [0.15, 0.2) is 174 Å². The van der Waals surface area contributed by atoms with Gasteiger partial charge in [-0.2, -0.15) is 0 Å². The number of rotatable bonds is 5. The molecule has 1 aliphatic rings. The van der Waals surface area contributed by atoms with E-state index in [1.165, 1.54) is 38.2 Å². The third-order valence-electron chi connectivity index (χ3n) is 11.2. The van der Waals surface area contributed by atoms with E-state index >= 15 is 0 Å². The number of hydrogen-bond acceptors (Lipinski definition) is 4. The molecule has 0 saturated heterocycles. The monoisotopic (exact) mass is 714 g/mol. The average Bonchev–Trinajstić information content (AvgIpc) is 3.82. The molecule has 0 atom stereocenters. The van der Waals surface area contributed by atoms with Gasteiger partial charge < -0.3 is 4.42 Å². The first-order valence-corrected chi connectivity index (χ1v) is 18.8. The van der Waals surface area contributed by atoms with E-state index in [4.69, 9.17) is 14.4 Å². The second-order valence-corrected chi connectivity index (χ2v) is 14.4. The molecule has 0 unspecified atom stereocenters. The van der Waals surface area contributed by atoms with E-state index in [1.54, 1.807) is 6.20 Å². The molecule has 260 valence electrons. The van der Waals surface area contributed by atoms with Crippen molar-refractivity contribution in [1.82, 2.24) is 19.5 Å². The van der Waals surface area contributed by atoms with Crippen molar-refractivity contribution in [1.29, 1.82) is 0 Å². The molecule has 5 heteroatoms. The molecule has 0 spiro atoms. The van der Waals surface area contributed by atoms with Gasteiger partial charge in [0.25, 0.3) is 0 Å². The molecule has 0 fully saturated rings. The Morgan fingerprint density at radius 1 is 0.411 bits per heavy atom. The molecule has 5 nitrogen and oxygen atoms in total. The lowest BCUT2D eigenvalue weighted by Gasteiger charge is -2.19. The molecule has 1 aliphatic carbocycles. The molecule has 0 aliphatic heterocycles. The van der Waals surface area contributed by atoms with Crippen molar-refractivity contribution in [3.8, 4) is 50.8 Å². The summed E-state index contributed by atoms with van der Waals surface area (Å²) in [6.45, 7) is 0. The van der Waals surface area contributed by atoms with Crippen LogP contribution < -0.4 is 0 Å². The van der Waals surface area contributed by atoms with Crippen molar-refractivity contribution in [2.45, 2.75) is 0 Å². The highest BCUT2D eigenvalue weighted by Crippen LogP contribution is 2.44. The first-order chi connectivity index (χ1) is 27.7. The fourth-order valence-electron chi connectivity index (χ4n) is 8.45. The van der Waals surface area contributed by atoms with Crippen LogP contribution in [0.1, 0.15) is 11.1 Å². The summed E-state index contributed by atoms with van der Waals surface area (Å²) >= 11 is 0. The molecule has 12 rings (SSSR count). The minimum Gasteiger partial charge on any atom is -0.456 e. The molecule has 7 aromatic carbocycles. The van der Waals surface area contributed by atoms with E-state index < -0.39 is 0 Å². The SMILES string of the molecule is C1=Cc2c1c1ccc(-c3ccc(-n4c(-c5ccccc5)nc5ccccc54)cc3)cc1c1cc3oc4ccc(-c5cccc(-c6ccccn6)n5)cc4c3cc21. The zero-order valence-electron chi connectivity index (χ0n) is 30.0. The number of fused-ring (bicyclic) bond motifs is 10. The van der Waals surface area contributed by atoms with E-state index in [-0.39, 0.29) is 0 Å². The summed E-state index contributed by atoms with van der Waals surface area (Å²) in [7, 11) is 0. The van der Waals surface area contributed by atoms with Crippen LogP contribution in [0.4, 0.5) is 0 Å². The van der Waals surface area contributed by atoms with Crippen molar-refractivity contribution < 1.29 is 4.42 Å². The quantitative estimate of drug-likeness (QED) is 0.167. The standard InChI is InChI=1S/C51H30N4O/c1-2-9-32(10-3-1)51-54-47-12-4-5-15-48(47)55(51)35-20-16-31(17-21-35)33-18-22-37-36-23-24-38(36)40-29-43-42-28-34(19-25-49(42)56-50(43)30-41(40)39(37)27-33)44-13-8-14-46(53-44)45-11-6-7-26-52-45/h1-30H. The van der Waals surface area contributed by atoms with Gasteiger partial charge in [-0.1, -0.05) is 91.0 Å². The number of furan rings is 1. The van der Waals surface area contributed by atoms with Crippen LogP contribution in [0.25, 0.3) is 118 Å². The average molecular weight is 715 g/mol. The minimum absolute atomic E-state index is 0.851. The summed E-state index contributed by atoms with van der Waals surface area (Å²) in [6, 6.07) is 57.4. The Morgan fingerprint density at radius 2 is 1.12 bits per heavy atom. The van der Waals surface area contributed by atoms with Crippen molar-refractivity contribution in [2.75, 3.05) is 0 Å². The normalized spacial score (nSPS) is 12.2. The molecule has 0 radical (unpaired) electrons. The number of pyridine rings is 2. The Balaban J connectivity index is 0.963.